The predicted molar refractivity (Wildman–Crippen MR) is 126 cm³/mol. The minimum absolute atomic E-state index is 0.0790. The second kappa shape index (κ2) is 9.41. The van der Waals surface area contributed by atoms with E-state index in [4.69, 9.17) is 14.2 Å². The lowest BCUT2D eigenvalue weighted by Crippen LogP contribution is -2.39. The van der Waals surface area contributed by atoms with Crippen molar-refractivity contribution in [1.82, 2.24) is 19.9 Å². The van der Waals surface area contributed by atoms with E-state index in [1.54, 1.807) is 19.2 Å². The Kier molecular flexibility index (Phi) is 6.14. The molecule has 0 saturated carbocycles. The Balaban J connectivity index is 1.15. The number of benzene rings is 1. The number of carbonyl (C=O) groups excluding carboxylic acids is 2. The first-order valence-electron chi connectivity index (χ1n) is 11.2. The zero-order valence-corrected chi connectivity index (χ0v) is 19.5. The number of nitrogens with one attached hydrogen (secondary N) is 2. The molecule has 1 unspecified atom stereocenters. The predicted octanol–water partition coefficient (Wildman–Crippen LogP) is 1.18. The first-order chi connectivity index (χ1) is 17.3. The number of amides is 2. The van der Waals surface area contributed by atoms with Gasteiger partial charge in [-0.3, -0.25) is 14.5 Å². The molecule has 2 amide bonds. The Morgan fingerprint density at radius 1 is 1.31 bits per heavy atom. The first-order valence-corrected chi connectivity index (χ1v) is 11.2. The van der Waals surface area contributed by atoms with E-state index in [0.717, 1.165) is 0 Å². The lowest BCUT2D eigenvalue weighted by Gasteiger charge is -2.19. The van der Waals surface area contributed by atoms with Gasteiger partial charge in [0.05, 0.1) is 18.3 Å². The maximum atomic E-state index is 14.5. The number of halogens is 1. The third-order valence-corrected chi connectivity index (χ3v) is 5.84. The van der Waals surface area contributed by atoms with E-state index in [9.17, 15) is 18.8 Å². The number of hydrogen-bond acceptors (Lipinski definition) is 9. The van der Waals surface area contributed by atoms with Crippen molar-refractivity contribution in [2.24, 2.45) is 7.05 Å². The lowest BCUT2D eigenvalue weighted by atomic mass is 10.2. The number of carbonyl (C=O) groups is 2. The summed E-state index contributed by atoms with van der Waals surface area (Å²) in [5.41, 5.74) is 0.253. The van der Waals surface area contributed by atoms with Crippen LogP contribution >= 0.6 is 0 Å². The van der Waals surface area contributed by atoms with Gasteiger partial charge < -0.3 is 29.4 Å². The summed E-state index contributed by atoms with van der Waals surface area (Å²) in [6.07, 6.45) is 0.317. The van der Waals surface area contributed by atoms with Crippen molar-refractivity contribution in [3.05, 3.63) is 46.6 Å². The fraction of sp³-hybridized carbons (Fsp3) is 0.348. The fourth-order valence-electron chi connectivity index (χ4n) is 3.89. The van der Waals surface area contributed by atoms with Gasteiger partial charge in [-0.05, 0) is 19.1 Å². The number of pyridine rings is 1. The zero-order valence-electron chi connectivity index (χ0n) is 19.5. The van der Waals surface area contributed by atoms with Gasteiger partial charge in [0.2, 0.25) is 0 Å². The molecule has 0 spiro atoms. The molecule has 0 aliphatic carbocycles. The highest BCUT2D eigenvalue weighted by atomic mass is 19.1. The Morgan fingerprint density at radius 3 is 2.97 bits per heavy atom. The molecule has 0 bridgehead atoms. The summed E-state index contributed by atoms with van der Waals surface area (Å²) in [5.74, 6) is -0.283. The van der Waals surface area contributed by atoms with E-state index in [-0.39, 0.29) is 60.5 Å². The van der Waals surface area contributed by atoms with Crippen molar-refractivity contribution < 1.29 is 28.2 Å². The van der Waals surface area contributed by atoms with Gasteiger partial charge in [-0.15, -0.1) is 0 Å². The van der Waals surface area contributed by atoms with E-state index >= 15 is 0 Å². The summed E-state index contributed by atoms with van der Waals surface area (Å²) in [7, 11) is 1.58. The monoisotopic (exact) mass is 498 g/mol. The molecule has 2 aromatic heterocycles. The maximum Gasteiger partial charge on any atom is 0.416 e. The van der Waals surface area contributed by atoms with Crippen LogP contribution in [0.25, 0.3) is 10.9 Å². The van der Waals surface area contributed by atoms with E-state index in [1.165, 1.54) is 27.8 Å². The summed E-state index contributed by atoms with van der Waals surface area (Å²) in [4.78, 5) is 45.3. The Bertz CT molecular complexity index is 1410. The molecule has 36 heavy (non-hydrogen) atoms. The highest BCUT2D eigenvalue weighted by Gasteiger charge is 2.34. The van der Waals surface area contributed by atoms with E-state index in [1.807, 2.05) is 6.92 Å². The molecule has 0 radical (unpaired) electrons. The molecule has 1 aromatic carbocycles. The second-order valence-corrected chi connectivity index (χ2v) is 8.53. The molecular weight excluding hydrogens is 475 g/mol. The van der Waals surface area contributed by atoms with Gasteiger partial charge in [0.1, 0.15) is 12.7 Å². The summed E-state index contributed by atoms with van der Waals surface area (Å²) >= 11 is 0. The highest BCUT2D eigenvalue weighted by molar-refractivity contribution is 5.94. The Morgan fingerprint density at radius 2 is 2.14 bits per heavy atom. The number of rotatable bonds is 7. The van der Waals surface area contributed by atoms with Crippen LogP contribution in [0.5, 0.6) is 11.6 Å². The molecule has 188 valence electrons. The van der Waals surface area contributed by atoms with Crippen molar-refractivity contribution in [3.8, 4) is 11.6 Å². The quantitative estimate of drug-likeness (QED) is 0.492. The fourth-order valence-corrected chi connectivity index (χ4v) is 3.89. The number of fused-ring (bicyclic) bond motifs is 2. The molecule has 2 aliphatic rings. The van der Waals surface area contributed by atoms with Gasteiger partial charge in [0, 0.05) is 37.2 Å². The number of ether oxygens (including phenoxy) is 3. The lowest BCUT2D eigenvalue weighted by molar-refractivity contribution is -0.118. The Labute approximate surface area is 204 Å². The molecule has 2 N–H and O–H groups in total. The molecule has 1 fully saturated rings. The molecule has 13 heteroatoms. The van der Waals surface area contributed by atoms with Gasteiger partial charge >= 0.3 is 6.09 Å². The number of anilines is 2. The van der Waals surface area contributed by atoms with Crippen molar-refractivity contribution in [2.75, 3.05) is 36.5 Å². The van der Waals surface area contributed by atoms with Gasteiger partial charge in [0.25, 0.3) is 17.3 Å². The summed E-state index contributed by atoms with van der Waals surface area (Å²) in [6.45, 7) is 2.42. The summed E-state index contributed by atoms with van der Waals surface area (Å²) in [5, 5.41) is 6.44. The smallest absolute Gasteiger partial charge is 0.416 e. The van der Waals surface area contributed by atoms with Crippen LogP contribution in [0.4, 0.5) is 20.8 Å². The van der Waals surface area contributed by atoms with Crippen LogP contribution in [-0.2, 0) is 16.6 Å². The molecule has 2 aliphatic heterocycles. The largest absolute Gasteiger partial charge is 0.489 e. The first kappa shape index (κ1) is 23.5. The van der Waals surface area contributed by atoms with E-state index in [2.05, 4.69) is 20.6 Å². The minimum atomic E-state index is -0.587. The van der Waals surface area contributed by atoms with Crippen LogP contribution in [0.1, 0.15) is 6.92 Å². The number of cyclic esters (lactones) is 1. The topological polar surface area (TPSA) is 137 Å². The number of nitrogens with zero attached hydrogens (tertiary/aromatic N) is 4. The van der Waals surface area contributed by atoms with Crippen LogP contribution in [0.3, 0.4) is 0 Å². The maximum absolute atomic E-state index is 14.5. The van der Waals surface area contributed by atoms with Crippen molar-refractivity contribution >= 4 is 34.5 Å². The molecular formula is C23H23FN6O6. The van der Waals surface area contributed by atoms with Gasteiger partial charge in [0.15, 0.2) is 29.8 Å². The van der Waals surface area contributed by atoms with Crippen LogP contribution in [0.2, 0.25) is 0 Å². The summed E-state index contributed by atoms with van der Waals surface area (Å²) in [6, 6.07) is 5.68. The van der Waals surface area contributed by atoms with Crippen molar-refractivity contribution in [1.29, 1.82) is 0 Å². The van der Waals surface area contributed by atoms with Gasteiger partial charge in [-0.25, -0.2) is 19.2 Å². The van der Waals surface area contributed by atoms with Crippen molar-refractivity contribution in [2.45, 2.75) is 19.1 Å². The van der Waals surface area contributed by atoms with E-state index < -0.39 is 18.0 Å². The summed E-state index contributed by atoms with van der Waals surface area (Å²) < 4.78 is 32.1. The van der Waals surface area contributed by atoms with Crippen LogP contribution in [0, 0.1) is 5.82 Å². The van der Waals surface area contributed by atoms with Crippen molar-refractivity contribution in [3.63, 3.8) is 0 Å². The van der Waals surface area contributed by atoms with Crippen LogP contribution in [-0.4, -0.2) is 65.0 Å². The van der Waals surface area contributed by atoms with Crippen LogP contribution < -0.4 is 30.6 Å². The molecule has 2 atom stereocenters. The normalized spacial score (nSPS) is 17.9. The minimum Gasteiger partial charge on any atom is -0.489 e. The number of hydrogen-bond donors (Lipinski definition) is 2. The SMILES string of the molecule is CC(COc1cc2ccc(=O)n(C)c2cc1F)NC[C@H]1CN(c2cnc3c(n2)NC(=O)CO3)C(=O)O1. The number of aryl methyl sites for hydroxylation is 1. The third-order valence-electron chi connectivity index (χ3n) is 5.84. The average Bonchev–Trinajstić information content (AvgIpc) is 3.24. The van der Waals surface area contributed by atoms with Crippen LogP contribution in [0.15, 0.2) is 35.3 Å². The molecule has 5 rings (SSSR count). The molecule has 4 heterocycles. The van der Waals surface area contributed by atoms with Gasteiger partial charge in [-0.1, -0.05) is 0 Å². The van der Waals surface area contributed by atoms with E-state index in [0.29, 0.717) is 17.4 Å². The highest BCUT2D eigenvalue weighted by Crippen LogP contribution is 2.27. The standard InChI is InChI=1S/C23H23FN6O6/c1-12(10-34-17-5-13-3-4-20(32)29(2)16(13)6-15(17)24)25-7-14-9-30(23(33)36-14)18-8-26-22-21(27-18)28-19(31)11-35-22/h3-6,8,12,14,25H,7,9-11H2,1-2H3,(H,27,28,31)/t12?,14-/m0/s1. The Hall–Kier alpha value is -4.26. The van der Waals surface area contributed by atoms with Gasteiger partial charge in [-0.2, -0.15) is 0 Å². The second-order valence-electron chi connectivity index (χ2n) is 8.53. The molecule has 1 saturated heterocycles. The molecule has 3 aromatic rings. The zero-order chi connectivity index (χ0) is 25.4. The number of aromatic nitrogens is 3. The average molecular weight is 498 g/mol. The molecule has 12 nitrogen and oxygen atoms in total. The third kappa shape index (κ3) is 4.64.